The largest absolute Gasteiger partial charge is 0.489 e. The van der Waals surface area contributed by atoms with E-state index in [-0.39, 0.29) is 12.0 Å². The van der Waals surface area contributed by atoms with Crippen LogP contribution in [0.2, 0.25) is 0 Å². The van der Waals surface area contributed by atoms with Crippen LogP contribution in [-0.4, -0.2) is 18.1 Å². The Morgan fingerprint density at radius 2 is 1.60 bits per heavy atom. The SMILES string of the molecule is C=C[C@@H](OC1CCCCC1)[C@H](C(=O)NCc1ccccc1)c1cccc(OCc2ccccc2)c1. The van der Waals surface area contributed by atoms with Crippen molar-refractivity contribution in [2.75, 3.05) is 0 Å². The predicted octanol–water partition coefficient (Wildman–Crippen LogP) is 6.57. The Hall–Kier alpha value is -3.37. The maximum Gasteiger partial charge on any atom is 0.230 e. The van der Waals surface area contributed by atoms with Gasteiger partial charge >= 0.3 is 0 Å². The topological polar surface area (TPSA) is 47.6 Å². The van der Waals surface area contributed by atoms with E-state index < -0.39 is 12.0 Å². The molecular formula is C31H35NO3. The van der Waals surface area contributed by atoms with Crippen LogP contribution in [0, 0.1) is 0 Å². The fraction of sp³-hybridized carbons (Fsp3) is 0.323. The molecule has 35 heavy (non-hydrogen) atoms. The molecule has 1 aliphatic rings. The minimum absolute atomic E-state index is 0.0743. The van der Waals surface area contributed by atoms with Gasteiger partial charge in [-0.2, -0.15) is 0 Å². The van der Waals surface area contributed by atoms with Crippen molar-refractivity contribution in [2.45, 2.75) is 63.4 Å². The quantitative estimate of drug-likeness (QED) is 0.323. The van der Waals surface area contributed by atoms with Gasteiger partial charge in [0.05, 0.1) is 18.1 Å². The molecule has 0 saturated heterocycles. The molecule has 0 bridgehead atoms. The smallest absolute Gasteiger partial charge is 0.230 e. The fourth-order valence-electron chi connectivity index (χ4n) is 4.62. The highest BCUT2D eigenvalue weighted by molar-refractivity contribution is 5.84. The molecular weight excluding hydrogens is 434 g/mol. The van der Waals surface area contributed by atoms with E-state index in [1.165, 1.54) is 19.3 Å². The second kappa shape index (κ2) is 12.9. The van der Waals surface area contributed by atoms with E-state index in [0.29, 0.717) is 13.2 Å². The van der Waals surface area contributed by atoms with Crippen molar-refractivity contribution >= 4 is 5.91 Å². The Morgan fingerprint density at radius 3 is 2.29 bits per heavy atom. The Labute approximate surface area is 209 Å². The normalized spacial score (nSPS) is 15.7. The molecule has 0 radical (unpaired) electrons. The van der Waals surface area contributed by atoms with Gasteiger partial charge in [-0.15, -0.1) is 6.58 Å². The number of rotatable bonds is 11. The summed E-state index contributed by atoms with van der Waals surface area (Å²) in [7, 11) is 0. The van der Waals surface area contributed by atoms with Crippen LogP contribution in [0.1, 0.15) is 54.7 Å². The maximum atomic E-state index is 13.6. The van der Waals surface area contributed by atoms with Crippen LogP contribution < -0.4 is 10.1 Å². The molecule has 3 aromatic rings. The van der Waals surface area contributed by atoms with Crippen molar-refractivity contribution < 1.29 is 14.3 Å². The molecule has 1 aliphatic carbocycles. The molecule has 0 aromatic heterocycles. The van der Waals surface area contributed by atoms with Crippen molar-refractivity contribution in [3.63, 3.8) is 0 Å². The zero-order valence-electron chi connectivity index (χ0n) is 20.3. The van der Waals surface area contributed by atoms with Crippen molar-refractivity contribution in [1.82, 2.24) is 5.32 Å². The Kier molecular flexibility index (Phi) is 9.13. The molecule has 1 saturated carbocycles. The van der Waals surface area contributed by atoms with Gasteiger partial charge in [0.1, 0.15) is 12.4 Å². The Bertz CT molecular complexity index is 1060. The molecule has 0 spiro atoms. The number of hydrogen-bond donors (Lipinski definition) is 1. The molecule has 0 aliphatic heterocycles. The third kappa shape index (κ3) is 7.30. The number of benzene rings is 3. The van der Waals surface area contributed by atoms with E-state index in [0.717, 1.165) is 35.3 Å². The first-order valence-electron chi connectivity index (χ1n) is 12.6. The van der Waals surface area contributed by atoms with Gasteiger partial charge in [-0.3, -0.25) is 4.79 Å². The van der Waals surface area contributed by atoms with E-state index in [9.17, 15) is 4.79 Å². The van der Waals surface area contributed by atoms with Crippen LogP contribution >= 0.6 is 0 Å². The summed E-state index contributed by atoms with van der Waals surface area (Å²) >= 11 is 0. The minimum Gasteiger partial charge on any atom is -0.489 e. The van der Waals surface area contributed by atoms with E-state index in [4.69, 9.17) is 9.47 Å². The van der Waals surface area contributed by atoms with E-state index in [2.05, 4.69) is 11.9 Å². The lowest BCUT2D eigenvalue weighted by atomic mass is 9.90. The van der Waals surface area contributed by atoms with Gasteiger partial charge in [-0.05, 0) is 41.7 Å². The highest BCUT2D eigenvalue weighted by Gasteiger charge is 2.31. The number of carbonyl (C=O) groups excluding carboxylic acids is 1. The van der Waals surface area contributed by atoms with E-state index >= 15 is 0 Å². The van der Waals surface area contributed by atoms with Crippen LogP contribution in [0.15, 0.2) is 97.6 Å². The second-order valence-corrected chi connectivity index (χ2v) is 9.12. The average Bonchev–Trinajstić information content (AvgIpc) is 2.92. The standard InChI is InChI=1S/C31H35NO3/c1-2-29(35-27-18-10-5-11-19-27)30(31(33)32-22-24-13-6-3-7-14-24)26-17-12-20-28(21-26)34-23-25-15-8-4-9-16-25/h2-4,6-9,12-17,20-21,27,29-30H,1,5,10-11,18-19,22-23H2,(H,32,33)/t29-,30-/m1/s1. The number of ether oxygens (including phenoxy) is 2. The zero-order valence-corrected chi connectivity index (χ0v) is 20.3. The summed E-state index contributed by atoms with van der Waals surface area (Å²) in [6.45, 7) is 4.97. The van der Waals surface area contributed by atoms with E-state index in [1.54, 1.807) is 6.08 Å². The lowest BCUT2D eigenvalue weighted by molar-refractivity contribution is -0.127. The summed E-state index contributed by atoms with van der Waals surface area (Å²) < 4.78 is 12.5. The molecule has 4 rings (SSSR count). The van der Waals surface area contributed by atoms with Gasteiger partial charge in [-0.1, -0.05) is 98.1 Å². The van der Waals surface area contributed by atoms with Crippen molar-refractivity contribution in [3.05, 3.63) is 114 Å². The summed E-state index contributed by atoms with van der Waals surface area (Å²) in [6, 6.07) is 27.8. The molecule has 4 heteroatoms. The molecule has 0 unspecified atom stereocenters. The van der Waals surface area contributed by atoms with Gasteiger partial charge in [-0.25, -0.2) is 0 Å². The van der Waals surface area contributed by atoms with Crippen LogP contribution in [0.4, 0.5) is 0 Å². The third-order valence-electron chi connectivity index (χ3n) is 6.52. The van der Waals surface area contributed by atoms with Crippen LogP contribution in [0.5, 0.6) is 5.75 Å². The summed E-state index contributed by atoms with van der Waals surface area (Å²) in [5, 5.41) is 3.12. The summed E-state index contributed by atoms with van der Waals surface area (Å²) in [5.74, 6) is 0.140. The molecule has 0 heterocycles. The predicted molar refractivity (Wildman–Crippen MR) is 140 cm³/mol. The van der Waals surface area contributed by atoms with Crippen molar-refractivity contribution in [1.29, 1.82) is 0 Å². The Balaban J connectivity index is 1.53. The molecule has 1 N–H and O–H groups in total. The fourth-order valence-corrected chi connectivity index (χ4v) is 4.62. The monoisotopic (exact) mass is 469 g/mol. The zero-order chi connectivity index (χ0) is 24.3. The summed E-state index contributed by atoms with van der Waals surface area (Å²) in [6.07, 6.45) is 7.17. The van der Waals surface area contributed by atoms with Crippen molar-refractivity contribution in [2.24, 2.45) is 0 Å². The van der Waals surface area contributed by atoms with Gasteiger partial charge < -0.3 is 14.8 Å². The minimum atomic E-state index is -0.515. The van der Waals surface area contributed by atoms with Gasteiger partial charge in [0.2, 0.25) is 5.91 Å². The highest BCUT2D eigenvalue weighted by Crippen LogP contribution is 2.30. The van der Waals surface area contributed by atoms with Gasteiger partial charge in [0, 0.05) is 6.54 Å². The van der Waals surface area contributed by atoms with E-state index in [1.807, 2.05) is 84.9 Å². The number of amides is 1. The molecule has 182 valence electrons. The van der Waals surface area contributed by atoms with Gasteiger partial charge in [0.15, 0.2) is 0 Å². The maximum absolute atomic E-state index is 13.6. The first-order chi connectivity index (χ1) is 17.2. The number of nitrogens with one attached hydrogen (secondary N) is 1. The molecule has 2 atom stereocenters. The highest BCUT2D eigenvalue weighted by atomic mass is 16.5. The molecule has 4 nitrogen and oxygen atoms in total. The average molecular weight is 470 g/mol. The summed E-state index contributed by atoms with van der Waals surface area (Å²) in [5.41, 5.74) is 3.02. The lowest BCUT2D eigenvalue weighted by Crippen LogP contribution is -2.38. The first kappa shape index (κ1) is 24.7. The summed E-state index contributed by atoms with van der Waals surface area (Å²) in [4.78, 5) is 13.6. The van der Waals surface area contributed by atoms with Crippen LogP contribution in [0.3, 0.4) is 0 Å². The number of hydrogen-bond acceptors (Lipinski definition) is 3. The third-order valence-corrected chi connectivity index (χ3v) is 6.52. The van der Waals surface area contributed by atoms with Gasteiger partial charge in [0.25, 0.3) is 0 Å². The molecule has 1 amide bonds. The second-order valence-electron chi connectivity index (χ2n) is 9.12. The first-order valence-corrected chi connectivity index (χ1v) is 12.6. The molecule has 3 aromatic carbocycles. The number of carbonyl (C=O) groups is 1. The lowest BCUT2D eigenvalue weighted by Gasteiger charge is -2.31. The van der Waals surface area contributed by atoms with Crippen LogP contribution in [0.25, 0.3) is 0 Å². The van der Waals surface area contributed by atoms with Crippen LogP contribution in [-0.2, 0) is 22.7 Å². The molecule has 1 fully saturated rings. The Morgan fingerprint density at radius 1 is 0.914 bits per heavy atom. The van der Waals surface area contributed by atoms with Crippen molar-refractivity contribution in [3.8, 4) is 5.75 Å².